The van der Waals surface area contributed by atoms with E-state index >= 15 is 0 Å². The zero-order valence-electron chi connectivity index (χ0n) is 17.0. The van der Waals surface area contributed by atoms with E-state index in [1.54, 1.807) is 11.0 Å². The number of hydrogen-bond acceptors (Lipinski definition) is 6. The molecule has 1 aromatic heterocycles. The molecule has 4 rings (SSSR count). The minimum Gasteiger partial charge on any atom is -0.379 e. The van der Waals surface area contributed by atoms with Crippen LogP contribution in [0.5, 0.6) is 0 Å². The summed E-state index contributed by atoms with van der Waals surface area (Å²) in [4.78, 5) is 33.0. The summed E-state index contributed by atoms with van der Waals surface area (Å²) in [7, 11) is -3.73. The molecular weight excluding hydrogens is 408 g/mol. The summed E-state index contributed by atoms with van der Waals surface area (Å²) in [6.45, 7) is 6.93. The Morgan fingerprint density at radius 1 is 1.10 bits per heavy atom. The molecule has 2 fully saturated rings. The Bertz CT molecular complexity index is 1100. The average Bonchev–Trinajstić information content (AvgIpc) is 2.79. The molecule has 0 spiro atoms. The second kappa shape index (κ2) is 8.46. The van der Waals surface area contributed by atoms with Crippen LogP contribution in [0.15, 0.2) is 34.1 Å². The van der Waals surface area contributed by atoms with E-state index < -0.39 is 15.5 Å². The molecule has 1 amide bonds. The van der Waals surface area contributed by atoms with Crippen molar-refractivity contribution in [3.05, 3.63) is 40.2 Å². The van der Waals surface area contributed by atoms with Gasteiger partial charge in [-0.05, 0) is 24.7 Å². The van der Waals surface area contributed by atoms with E-state index in [1.807, 2.05) is 0 Å². The fourth-order valence-electron chi connectivity index (χ4n) is 3.89. The molecule has 10 heteroatoms. The van der Waals surface area contributed by atoms with Gasteiger partial charge in [-0.25, -0.2) is 8.42 Å². The maximum atomic E-state index is 13.1. The number of morpholine rings is 1. The second-order valence-electron chi connectivity index (χ2n) is 7.48. The smallest absolute Gasteiger partial charge is 0.259 e. The van der Waals surface area contributed by atoms with Crippen LogP contribution in [-0.2, 0) is 14.8 Å². The lowest BCUT2D eigenvalue weighted by molar-refractivity contribution is 0.0642. The van der Waals surface area contributed by atoms with Crippen molar-refractivity contribution >= 4 is 26.8 Å². The summed E-state index contributed by atoms with van der Waals surface area (Å²) >= 11 is 0. The summed E-state index contributed by atoms with van der Waals surface area (Å²) in [6.07, 6.45) is 1.43. The number of ether oxygens (including phenoxy) is 1. The summed E-state index contributed by atoms with van der Waals surface area (Å²) in [5.74, 6) is -0.324. The van der Waals surface area contributed by atoms with Gasteiger partial charge in [0.15, 0.2) is 0 Å². The minimum atomic E-state index is -3.73. The van der Waals surface area contributed by atoms with Gasteiger partial charge in [0.05, 0.1) is 18.1 Å². The lowest BCUT2D eigenvalue weighted by atomic mass is 10.1. The Morgan fingerprint density at radius 2 is 1.80 bits per heavy atom. The van der Waals surface area contributed by atoms with Crippen molar-refractivity contribution in [1.29, 1.82) is 0 Å². The van der Waals surface area contributed by atoms with Crippen molar-refractivity contribution in [2.45, 2.75) is 11.8 Å². The Labute approximate surface area is 175 Å². The predicted molar refractivity (Wildman–Crippen MR) is 112 cm³/mol. The molecule has 0 aliphatic carbocycles. The van der Waals surface area contributed by atoms with Crippen LogP contribution in [0.1, 0.15) is 17.3 Å². The largest absolute Gasteiger partial charge is 0.379 e. The summed E-state index contributed by atoms with van der Waals surface area (Å²) in [5.41, 5.74) is 0.0762. The number of aromatic amines is 1. The Morgan fingerprint density at radius 3 is 2.47 bits per heavy atom. The van der Waals surface area contributed by atoms with Crippen LogP contribution in [0.2, 0.25) is 0 Å². The first-order valence-corrected chi connectivity index (χ1v) is 11.6. The van der Waals surface area contributed by atoms with Crippen molar-refractivity contribution in [1.82, 2.24) is 19.1 Å². The van der Waals surface area contributed by atoms with Gasteiger partial charge >= 0.3 is 0 Å². The summed E-state index contributed by atoms with van der Waals surface area (Å²) < 4.78 is 32.5. The van der Waals surface area contributed by atoms with E-state index in [0.29, 0.717) is 31.8 Å². The van der Waals surface area contributed by atoms with Crippen LogP contribution in [0.3, 0.4) is 0 Å². The number of pyridine rings is 1. The number of likely N-dealkylation sites (N-methyl/N-ethyl adjacent to an activating group) is 1. The number of aromatic nitrogens is 1. The molecule has 2 aliphatic rings. The van der Waals surface area contributed by atoms with Crippen LogP contribution in [0, 0.1) is 0 Å². The molecular formula is C20H26N4O5S. The first-order valence-electron chi connectivity index (χ1n) is 10.2. The first kappa shape index (κ1) is 21.0. The molecule has 0 atom stereocenters. The molecule has 30 heavy (non-hydrogen) atoms. The first-order chi connectivity index (χ1) is 14.4. The van der Waals surface area contributed by atoms with Gasteiger partial charge in [-0.15, -0.1) is 0 Å². The van der Waals surface area contributed by atoms with Gasteiger partial charge in [0.1, 0.15) is 5.56 Å². The molecule has 0 bridgehead atoms. The molecule has 1 aromatic carbocycles. The quantitative estimate of drug-likeness (QED) is 0.744. The normalized spacial score (nSPS) is 19.3. The van der Waals surface area contributed by atoms with Gasteiger partial charge in [0.2, 0.25) is 15.5 Å². The highest BCUT2D eigenvalue weighted by Gasteiger charge is 2.28. The maximum absolute atomic E-state index is 13.1. The Balaban J connectivity index is 1.66. The number of H-pyrrole nitrogens is 1. The van der Waals surface area contributed by atoms with E-state index in [9.17, 15) is 18.0 Å². The van der Waals surface area contributed by atoms with Crippen LogP contribution >= 0.6 is 0 Å². The lowest BCUT2D eigenvalue weighted by Crippen LogP contribution is -2.49. The van der Waals surface area contributed by atoms with Gasteiger partial charge in [0.25, 0.3) is 5.91 Å². The third kappa shape index (κ3) is 3.87. The van der Waals surface area contributed by atoms with E-state index in [2.05, 4.69) is 16.8 Å². The average molecular weight is 435 g/mol. The Kier molecular flexibility index (Phi) is 5.92. The van der Waals surface area contributed by atoms with Crippen molar-refractivity contribution in [2.24, 2.45) is 0 Å². The maximum Gasteiger partial charge on any atom is 0.259 e. The number of piperazine rings is 1. The number of carbonyl (C=O) groups is 1. The SMILES string of the molecule is CCN1CCN(C(=O)c2c[nH]c3ccc(S(=O)(=O)N4CCOCC4)cc3c2=O)CC1. The number of carbonyl (C=O) groups excluding carboxylic acids is 1. The number of nitrogens with one attached hydrogen (secondary N) is 1. The van der Waals surface area contributed by atoms with Crippen molar-refractivity contribution in [3.8, 4) is 0 Å². The van der Waals surface area contributed by atoms with Crippen molar-refractivity contribution < 1.29 is 17.9 Å². The van der Waals surface area contributed by atoms with Gasteiger partial charge in [-0.3, -0.25) is 9.59 Å². The summed E-state index contributed by atoms with van der Waals surface area (Å²) in [6, 6.07) is 4.41. The summed E-state index contributed by atoms with van der Waals surface area (Å²) in [5, 5.41) is 0.197. The van der Waals surface area contributed by atoms with E-state index in [4.69, 9.17) is 4.74 Å². The molecule has 2 saturated heterocycles. The van der Waals surface area contributed by atoms with Crippen LogP contribution < -0.4 is 5.43 Å². The monoisotopic (exact) mass is 434 g/mol. The number of sulfonamides is 1. The van der Waals surface area contributed by atoms with Crippen molar-refractivity contribution in [3.63, 3.8) is 0 Å². The number of benzene rings is 1. The molecule has 9 nitrogen and oxygen atoms in total. The van der Waals surface area contributed by atoms with Gasteiger partial charge in [-0.1, -0.05) is 6.92 Å². The number of fused-ring (bicyclic) bond motifs is 1. The highest BCUT2D eigenvalue weighted by molar-refractivity contribution is 7.89. The highest BCUT2D eigenvalue weighted by atomic mass is 32.2. The number of amides is 1. The standard InChI is InChI=1S/C20H26N4O5S/c1-2-22-5-7-23(8-6-22)20(26)17-14-21-18-4-3-15(13-16(18)19(17)25)30(27,28)24-9-11-29-12-10-24/h3-4,13-14H,2,5-12H2,1H3,(H,21,25). The van der Waals surface area contributed by atoms with Crippen LogP contribution in [0.4, 0.5) is 0 Å². The van der Waals surface area contributed by atoms with E-state index in [-0.39, 0.29) is 34.8 Å². The number of nitrogens with zero attached hydrogens (tertiary/aromatic N) is 3. The predicted octanol–water partition coefficient (Wildman–Crippen LogP) is 0.327. The van der Waals surface area contributed by atoms with Gasteiger partial charge in [-0.2, -0.15) is 4.31 Å². The molecule has 2 aromatic rings. The minimum absolute atomic E-state index is 0.0355. The molecule has 162 valence electrons. The van der Waals surface area contributed by atoms with E-state index in [0.717, 1.165) is 19.6 Å². The number of hydrogen-bond donors (Lipinski definition) is 1. The van der Waals surface area contributed by atoms with Crippen LogP contribution in [0.25, 0.3) is 10.9 Å². The van der Waals surface area contributed by atoms with Crippen molar-refractivity contribution in [2.75, 3.05) is 59.0 Å². The molecule has 2 aliphatic heterocycles. The molecule has 1 N–H and O–H groups in total. The van der Waals surface area contributed by atoms with Gasteiger partial charge < -0.3 is 19.5 Å². The third-order valence-electron chi connectivity index (χ3n) is 5.80. The molecule has 0 radical (unpaired) electrons. The van der Waals surface area contributed by atoms with E-state index in [1.165, 1.54) is 22.6 Å². The third-order valence-corrected chi connectivity index (χ3v) is 7.69. The highest BCUT2D eigenvalue weighted by Crippen LogP contribution is 2.21. The molecule has 0 unspecified atom stereocenters. The molecule has 0 saturated carbocycles. The fourth-order valence-corrected chi connectivity index (χ4v) is 5.33. The lowest BCUT2D eigenvalue weighted by Gasteiger charge is -2.33. The second-order valence-corrected chi connectivity index (χ2v) is 9.42. The Hall–Kier alpha value is -2.27. The molecule has 3 heterocycles. The zero-order chi connectivity index (χ0) is 21.3. The zero-order valence-corrected chi connectivity index (χ0v) is 17.8. The van der Waals surface area contributed by atoms with Crippen LogP contribution in [-0.4, -0.2) is 92.4 Å². The van der Waals surface area contributed by atoms with Gasteiger partial charge in [0, 0.05) is 56.4 Å². The topological polar surface area (TPSA) is 103 Å². The fraction of sp³-hybridized carbons (Fsp3) is 0.500. The number of rotatable bonds is 4.